The molecule has 0 bridgehead atoms. The highest BCUT2D eigenvalue weighted by molar-refractivity contribution is 5.43. The molecule has 0 aliphatic heterocycles. The molecule has 0 aliphatic carbocycles. The minimum absolute atomic E-state index is 0.209. The number of hydrogen-bond acceptors (Lipinski definition) is 4. The molecular weight excluding hydrogens is 226 g/mol. The Morgan fingerprint density at radius 1 is 1.28 bits per heavy atom. The van der Waals surface area contributed by atoms with Crippen LogP contribution in [0.3, 0.4) is 0 Å². The molecule has 4 heteroatoms. The molecule has 18 heavy (non-hydrogen) atoms. The first-order valence-electron chi connectivity index (χ1n) is 6.54. The zero-order valence-corrected chi connectivity index (χ0v) is 11.9. The topological polar surface area (TPSA) is 46.2 Å². The third-order valence-electron chi connectivity index (χ3n) is 2.67. The first-order valence-corrected chi connectivity index (χ1v) is 6.54. The van der Waals surface area contributed by atoms with Gasteiger partial charge < -0.3 is 15.4 Å². The van der Waals surface area contributed by atoms with Gasteiger partial charge in [0.15, 0.2) is 0 Å². The Bertz CT molecular complexity index is 342. The number of methoxy groups -OCH3 is 1. The lowest BCUT2D eigenvalue weighted by Crippen LogP contribution is -2.20. The summed E-state index contributed by atoms with van der Waals surface area (Å²) in [5.74, 6) is 0.661. The largest absolute Gasteiger partial charge is 0.382 e. The van der Waals surface area contributed by atoms with Crippen LogP contribution >= 0.6 is 0 Å². The van der Waals surface area contributed by atoms with E-state index in [-0.39, 0.29) is 6.10 Å². The summed E-state index contributed by atoms with van der Waals surface area (Å²) < 4.78 is 5.20. The van der Waals surface area contributed by atoms with Crippen molar-refractivity contribution in [1.82, 2.24) is 10.3 Å². The van der Waals surface area contributed by atoms with Crippen LogP contribution < -0.4 is 10.6 Å². The number of hydrogen-bond donors (Lipinski definition) is 2. The van der Waals surface area contributed by atoms with E-state index in [9.17, 15) is 0 Å². The van der Waals surface area contributed by atoms with E-state index in [1.807, 2.05) is 19.2 Å². The fraction of sp³-hybridized carbons (Fsp3) is 0.643. The summed E-state index contributed by atoms with van der Waals surface area (Å²) in [6.45, 7) is 9.07. The van der Waals surface area contributed by atoms with Crippen LogP contribution in [0.5, 0.6) is 0 Å². The molecule has 0 spiro atoms. The summed E-state index contributed by atoms with van der Waals surface area (Å²) in [6, 6.07) is 4.06. The normalized spacial score (nSPS) is 12.7. The van der Waals surface area contributed by atoms with Crippen molar-refractivity contribution in [3.63, 3.8) is 0 Å². The van der Waals surface area contributed by atoms with Crippen LogP contribution in [0, 0.1) is 5.92 Å². The Kier molecular flexibility index (Phi) is 6.68. The molecule has 102 valence electrons. The lowest BCUT2D eigenvalue weighted by atomic mass is 10.2. The van der Waals surface area contributed by atoms with E-state index in [0.29, 0.717) is 5.92 Å². The summed E-state index contributed by atoms with van der Waals surface area (Å²) in [4.78, 5) is 4.35. The molecule has 1 unspecified atom stereocenters. The Morgan fingerprint density at radius 2 is 2.06 bits per heavy atom. The van der Waals surface area contributed by atoms with Crippen molar-refractivity contribution >= 4 is 5.69 Å². The Balaban J connectivity index is 2.41. The van der Waals surface area contributed by atoms with Crippen LogP contribution in [0.4, 0.5) is 5.69 Å². The summed E-state index contributed by atoms with van der Waals surface area (Å²) in [5.41, 5.74) is 2.15. The minimum atomic E-state index is 0.209. The highest BCUT2D eigenvalue weighted by atomic mass is 16.5. The average molecular weight is 251 g/mol. The van der Waals surface area contributed by atoms with E-state index in [0.717, 1.165) is 31.0 Å². The number of ether oxygens (including phenoxy) is 1. The molecule has 0 radical (unpaired) electrons. The van der Waals surface area contributed by atoms with Gasteiger partial charge in [0.25, 0.3) is 0 Å². The number of nitrogens with one attached hydrogen (secondary N) is 2. The summed E-state index contributed by atoms with van der Waals surface area (Å²) >= 11 is 0. The highest BCUT2D eigenvalue weighted by Gasteiger charge is 2.01. The maximum Gasteiger partial charge on any atom is 0.0715 e. The zero-order valence-electron chi connectivity index (χ0n) is 11.9. The molecule has 0 saturated carbocycles. The zero-order chi connectivity index (χ0) is 13.4. The number of anilines is 1. The first kappa shape index (κ1) is 14.9. The molecule has 0 aromatic carbocycles. The van der Waals surface area contributed by atoms with E-state index in [2.05, 4.69) is 35.5 Å². The van der Waals surface area contributed by atoms with Gasteiger partial charge in [-0.3, -0.25) is 4.98 Å². The minimum Gasteiger partial charge on any atom is -0.382 e. The predicted octanol–water partition coefficient (Wildman–Crippen LogP) is 2.27. The van der Waals surface area contributed by atoms with Crippen molar-refractivity contribution < 1.29 is 4.74 Å². The maximum atomic E-state index is 5.20. The van der Waals surface area contributed by atoms with Crippen molar-refractivity contribution in [2.24, 2.45) is 5.92 Å². The lowest BCUT2D eigenvalue weighted by Gasteiger charge is -2.13. The molecule has 1 aromatic heterocycles. The molecule has 0 saturated heterocycles. The van der Waals surface area contributed by atoms with E-state index >= 15 is 0 Å². The quantitative estimate of drug-likeness (QED) is 0.744. The molecule has 4 nitrogen and oxygen atoms in total. The molecule has 1 rings (SSSR count). The Morgan fingerprint density at radius 3 is 2.72 bits per heavy atom. The lowest BCUT2D eigenvalue weighted by molar-refractivity contribution is 0.129. The number of aromatic nitrogens is 1. The van der Waals surface area contributed by atoms with Gasteiger partial charge in [0, 0.05) is 32.1 Å². The van der Waals surface area contributed by atoms with Crippen molar-refractivity contribution in [1.29, 1.82) is 0 Å². The molecule has 1 aromatic rings. The number of nitrogens with zero attached hydrogens (tertiary/aromatic N) is 1. The van der Waals surface area contributed by atoms with E-state index in [1.165, 1.54) is 0 Å². The molecule has 0 fully saturated rings. The van der Waals surface area contributed by atoms with Gasteiger partial charge >= 0.3 is 0 Å². The van der Waals surface area contributed by atoms with Crippen LogP contribution in [0.2, 0.25) is 0 Å². The molecule has 1 heterocycles. The third-order valence-corrected chi connectivity index (χ3v) is 2.67. The van der Waals surface area contributed by atoms with Gasteiger partial charge in [-0.05, 0) is 31.5 Å². The summed E-state index contributed by atoms with van der Waals surface area (Å²) in [7, 11) is 1.72. The molecular formula is C14H25N3O. The second-order valence-corrected chi connectivity index (χ2v) is 4.99. The van der Waals surface area contributed by atoms with E-state index in [1.54, 1.807) is 7.11 Å². The number of rotatable bonds is 8. The van der Waals surface area contributed by atoms with Gasteiger partial charge in [0.1, 0.15) is 0 Å². The van der Waals surface area contributed by atoms with Gasteiger partial charge in [0.2, 0.25) is 0 Å². The van der Waals surface area contributed by atoms with Crippen LogP contribution in [0.25, 0.3) is 0 Å². The van der Waals surface area contributed by atoms with Crippen molar-refractivity contribution in [3.05, 3.63) is 24.0 Å². The second-order valence-electron chi connectivity index (χ2n) is 4.99. The van der Waals surface area contributed by atoms with Crippen LogP contribution in [-0.4, -0.2) is 31.3 Å². The van der Waals surface area contributed by atoms with Gasteiger partial charge in [0.05, 0.1) is 11.8 Å². The molecule has 2 N–H and O–H groups in total. The second kappa shape index (κ2) is 8.06. The standard InChI is InChI=1S/C14H25N3O/c1-11(2)8-15-10-14-7-13(5-6-16-14)17-9-12(3)18-4/h5-7,11-12,15H,8-10H2,1-4H3,(H,16,17). The van der Waals surface area contributed by atoms with Gasteiger partial charge in [-0.2, -0.15) is 0 Å². The predicted molar refractivity (Wildman–Crippen MR) is 75.7 cm³/mol. The molecule has 0 aliphatic rings. The number of pyridine rings is 1. The van der Waals surface area contributed by atoms with Gasteiger partial charge in [-0.1, -0.05) is 13.8 Å². The van der Waals surface area contributed by atoms with Gasteiger partial charge in [-0.15, -0.1) is 0 Å². The van der Waals surface area contributed by atoms with Crippen molar-refractivity contribution in [3.8, 4) is 0 Å². The maximum absolute atomic E-state index is 5.20. The van der Waals surface area contributed by atoms with Crippen LogP contribution in [0.15, 0.2) is 18.3 Å². The fourth-order valence-electron chi connectivity index (χ4n) is 1.52. The van der Waals surface area contributed by atoms with Crippen LogP contribution in [0.1, 0.15) is 26.5 Å². The van der Waals surface area contributed by atoms with E-state index in [4.69, 9.17) is 4.74 Å². The monoisotopic (exact) mass is 251 g/mol. The summed E-state index contributed by atoms with van der Waals surface area (Å²) in [5, 5.41) is 6.73. The van der Waals surface area contributed by atoms with Crippen LogP contribution in [-0.2, 0) is 11.3 Å². The van der Waals surface area contributed by atoms with E-state index < -0.39 is 0 Å². The third kappa shape index (κ3) is 5.98. The smallest absolute Gasteiger partial charge is 0.0715 e. The SMILES string of the molecule is COC(C)CNc1ccnc(CNCC(C)C)c1. The van der Waals surface area contributed by atoms with Crippen molar-refractivity contribution in [2.75, 3.05) is 25.5 Å². The Labute approximate surface area is 110 Å². The first-order chi connectivity index (χ1) is 8.61. The Hall–Kier alpha value is -1.13. The highest BCUT2D eigenvalue weighted by Crippen LogP contribution is 2.08. The van der Waals surface area contributed by atoms with Crippen molar-refractivity contribution in [2.45, 2.75) is 33.4 Å². The van der Waals surface area contributed by atoms with Gasteiger partial charge in [-0.25, -0.2) is 0 Å². The average Bonchev–Trinajstić information content (AvgIpc) is 2.36. The summed E-state index contributed by atoms with van der Waals surface area (Å²) in [6.07, 6.45) is 2.05. The molecule has 0 amide bonds. The molecule has 1 atom stereocenters. The fourth-order valence-corrected chi connectivity index (χ4v) is 1.52.